The molecule has 1 atom stereocenters. The summed E-state index contributed by atoms with van der Waals surface area (Å²) >= 11 is 1.82. The molecule has 4 rings (SSSR count). The predicted octanol–water partition coefficient (Wildman–Crippen LogP) is 7.04. The Bertz CT molecular complexity index is 1150. The quantitative estimate of drug-likeness (QED) is 0.225. The standard InChI is InChI=1S/C30H39N5S/c1-5-25(34(8-4)22-24-13-11-12-19-32-24)18-20-35-26-14-9-10-15-28(26)36-29-21-23(16-17-27(29)35)30(31)33(6-2)7-3/h9-17,19,21,25,31H,5-8,18,20,22H2,1-4H3. The van der Waals surface area contributed by atoms with Crippen LogP contribution in [-0.4, -0.2) is 52.8 Å². The molecule has 0 bridgehead atoms. The number of nitrogens with one attached hydrogen (secondary N) is 1. The van der Waals surface area contributed by atoms with Crippen LogP contribution in [0.25, 0.3) is 0 Å². The van der Waals surface area contributed by atoms with E-state index in [2.05, 4.69) is 102 Å². The molecule has 1 N–H and O–H groups in total. The summed E-state index contributed by atoms with van der Waals surface area (Å²) < 4.78 is 0. The van der Waals surface area contributed by atoms with Gasteiger partial charge in [-0.05, 0) is 75.7 Å². The molecule has 1 aliphatic heterocycles. The lowest BCUT2D eigenvalue weighted by molar-refractivity contribution is 0.182. The maximum absolute atomic E-state index is 8.71. The maximum atomic E-state index is 8.71. The van der Waals surface area contributed by atoms with Gasteiger partial charge in [0.25, 0.3) is 0 Å². The highest BCUT2D eigenvalue weighted by molar-refractivity contribution is 7.99. The Kier molecular flexibility index (Phi) is 9.05. The summed E-state index contributed by atoms with van der Waals surface area (Å²) in [6.07, 6.45) is 4.07. The molecule has 0 amide bonds. The summed E-state index contributed by atoms with van der Waals surface area (Å²) in [4.78, 5) is 14.2. The molecule has 190 valence electrons. The van der Waals surface area contributed by atoms with E-state index in [1.807, 2.05) is 24.0 Å². The molecular formula is C30H39N5S. The van der Waals surface area contributed by atoms with Gasteiger partial charge < -0.3 is 9.80 Å². The fourth-order valence-electron chi connectivity index (χ4n) is 5.07. The number of pyridine rings is 1. The topological polar surface area (TPSA) is 46.5 Å². The van der Waals surface area contributed by atoms with Gasteiger partial charge in [-0.3, -0.25) is 15.3 Å². The number of nitrogens with zero attached hydrogens (tertiary/aromatic N) is 4. The van der Waals surface area contributed by atoms with Crippen molar-refractivity contribution in [3.63, 3.8) is 0 Å². The Balaban J connectivity index is 1.57. The van der Waals surface area contributed by atoms with Crippen molar-refractivity contribution in [3.8, 4) is 0 Å². The molecule has 1 aromatic heterocycles. The van der Waals surface area contributed by atoms with Crippen LogP contribution in [0, 0.1) is 5.41 Å². The first-order chi connectivity index (χ1) is 17.6. The van der Waals surface area contributed by atoms with Gasteiger partial charge in [0.15, 0.2) is 0 Å². The van der Waals surface area contributed by atoms with Gasteiger partial charge in [-0.2, -0.15) is 0 Å². The van der Waals surface area contributed by atoms with Crippen LogP contribution < -0.4 is 4.90 Å². The molecule has 1 aliphatic rings. The molecule has 2 aromatic carbocycles. The fraction of sp³-hybridized carbons (Fsp3) is 0.400. The molecule has 3 aromatic rings. The van der Waals surface area contributed by atoms with E-state index in [0.717, 1.165) is 56.8 Å². The number of benzene rings is 2. The third kappa shape index (κ3) is 5.76. The van der Waals surface area contributed by atoms with Crippen molar-refractivity contribution in [2.75, 3.05) is 31.1 Å². The number of amidine groups is 1. The van der Waals surface area contributed by atoms with Crippen molar-refractivity contribution in [2.45, 2.75) is 62.9 Å². The van der Waals surface area contributed by atoms with Crippen LogP contribution >= 0.6 is 11.8 Å². The summed E-state index contributed by atoms with van der Waals surface area (Å²) in [5.74, 6) is 0.605. The minimum atomic E-state index is 0.484. The van der Waals surface area contributed by atoms with Gasteiger partial charge in [0.1, 0.15) is 5.84 Å². The second-order valence-corrected chi connectivity index (χ2v) is 10.2. The van der Waals surface area contributed by atoms with Crippen molar-refractivity contribution in [3.05, 3.63) is 78.1 Å². The lowest BCUT2D eigenvalue weighted by atomic mass is 10.1. The summed E-state index contributed by atoms with van der Waals surface area (Å²) in [6.45, 7) is 13.3. The van der Waals surface area contributed by atoms with E-state index in [1.54, 1.807) is 0 Å². The van der Waals surface area contributed by atoms with Crippen LogP contribution in [0.1, 0.15) is 51.8 Å². The Morgan fingerprint density at radius 2 is 1.67 bits per heavy atom. The number of hydrogen-bond acceptors (Lipinski definition) is 5. The van der Waals surface area contributed by atoms with Crippen LogP contribution in [-0.2, 0) is 6.54 Å². The number of fused-ring (bicyclic) bond motifs is 2. The first kappa shape index (κ1) is 26.2. The van der Waals surface area contributed by atoms with Gasteiger partial charge in [-0.25, -0.2) is 0 Å². The molecule has 36 heavy (non-hydrogen) atoms. The van der Waals surface area contributed by atoms with Crippen LogP contribution in [0.3, 0.4) is 0 Å². The number of aromatic nitrogens is 1. The van der Waals surface area contributed by atoms with E-state index in [4.69, 9.17) is 5.41 Å². The largest absolute Gasteiger partial charge is 0.357 e. The first-order valence-corrected chi connectivity index (χ1v) is 14.1. The molecule has 0 spiro atoms. The lowest BCUT2D eigenvalue weighted by Crippen LogP contribution is -2.37. The summed E-state index contributed by atoms with van der Waals surface area (Å²) in [7, 11) is 0. The second-order valence-electron chi connectivity index (χ2n) is 9.16. The zero-order valence-electron chi connectivity index (χ0n) is 22.1. The van der Waals surface area contributed by atoms with Crippen molar-refractivity contribution >= 4 is 29.0 Å². The van der Waals surface area contributed by atoms with Gasteiger partial charge in [-0.1, -0.05) is 43.8 Å². The smallest absolute Gasteiger partial charge is 0.128 e. The van der Waals surface area contributed by atoms with E-state index in [0.29, 0.717) is 11.9 Å². The van der Waals surface area contributed by atoms with Gasteiger partial charge >= 0.3 is 0 Å². The van der Waals surface area contributed by atoms with E-state index in [-0.39, 0.29) is 0 Å². The molecule has 0 saturated carbocycles. The lowest BCUT2D eigenvalue weighted by Gasteiger charge is -2.36. The molecule has 1 unspecified atom stereocenters. The normalized spacial score (nSPS) is 13.3. The van der Waals surface area contributed by atoms with Crippen molar-refractivity contribution in [1.82, 2.24) is 14.8 Å². The highest BCUT2D eigenvalue weighted by Crippen LogP contribution is 2.48. The Morgan fingerprint density at radius 3 is 2.36 bits per heavy atom. The molecule has 0 fully saturated rings. The number of para-hydroxylation sites is 1. The van der Waals surface area contributed by atoms with Crippen molar-refractivity contribution < 1.29 is 0 Å². The third-order valence-corrected chi connectivity index (χ3v) is 8.26. The monoisotopic (exact) mass is 501 g/mol. The highest BCUT2D eigenvalue weighted by atomic mass is 32.2. The Hall–Kier alpha value is -2.83. The summed E-state index contributed by atoms with van der Waals surface area (Å²) in [5.41, 5.74) is 4.65. The molecule has 0 saturated heterocycles. The number of anilines is 2. The molecule has 0 aliphatic carbocycles. The van der Waals surface area contributed by atoms with Crippen molar-refractivity contribution in [2.24, 2.45) is 0 Å². The molecule has 0 radical (unpaired) electrons. The fourth-order valence-corrected chi connectivity index (χ4v) is 6.20. The van der Waals surface area contributed by atoms with E-state index in [9.17, 15) is 0 Å². The highest BCUT2D eigenvalue weighted by Gasteiger charge is 2.26. The molecule has 2 heterocycles. The van der Waals surface area contributed by atoms with Gasteiger partial charge in [0.2, 0.25) is 0 Å². The molecular weight excluding hydrogens is 462 g/mol. The Morgan fingerprint density at radius 1 is 0.917 bits per heavy atom. The van der Waals surface area contributed by atoms with Gasteiger partial charge in [0.05, 0.1) is 17.1 Å². The summed E-state index contributed by atoms with van der Waals surface area (Å²) in [6, 6.07) is 21.9. The average molecular weight is 502 g/mol. The third-order valence-electron chi connectivity index (χ3n) is 7.15. The van der Waals surface area contributed by atoms with Gasteiger partial charge in [0, 0.05) is 53.8 Å². The minimum absolute atomic E-state index is 0.484. The first-order valence-electron chi connectivity index (χ1n) is 13.3. The minimum Gasteiger partial charge on any atom is -0.357 e. The van der Waals surface area contributed by atoms with Crippen LogP contribution in [0.5, 0.6) is 0 Å². The van der Waals surface area contributed by atoms with Crippen LogP contribution in [0.15, 0.2) is 76.7 Å². The average Bonchev–Trinajstić information content (AvgIpc) is 2.92. The van der Waals surface area contributed by atoms with Gasteiger partial charge in [-0.15, -0.1) is 0 Å². The molecule has 6 heteroatoms. The number of rotatable bonds is 11. The predicted molar refractivity (Wildman–Crippen MR) is 153 cm³/mol. The second kappa shape index (κ2) is 12.4. The zero-order valence-corrected chi connectivity index (χ0v) is 22.9. The SMILES string of the molecule is CCC(CCN1c2ccccc2Sc2cc(C(=N)N(CC)CC)ccc21)N(CC)Cc1ccccn1. The zero-order chi connectivity index (χ0) is 25.5. The van der Waals surface area contributed by atoms with Crippen LogP contribution in [0.4, 0.5) is 11.4 Å². The number of hydrogen-bond donors (Lipinski definition) is 1. The summed E-state index contributed by atoms with van der Waals surface area (Å²) in [5, 5.41) is 8.71. The maximum Gasteiger partial charge on any atom is 0.128 e. The molecule has 5 nitrogen and oxygen atoms in total. The van der Waals surface area contributed by atoms with Crippen molar-refractivity contribution in [1.29, 1.82) is 5.41 Å². The Labute approximate surface area is 221 Å². The van der Waals surface area contributed by atoms with Crippen LogP contribution in [0.2, 0.25) is 0 Å². The van der Waals surface area contributed by atoms with E-state index < -0.39 is 0 Å². The van der Waals surface area contributed by atoms with E-state index >= 15 is 0 Å². The van der Waals surface area contributed by atoms with E-state index in [1.165, 1.54) is 21.2 Å².